The predicted octanol–water partition coefficient (Wildman–Crippen LogP) is 3.50. The van der Waals surface area contributed by atoms with Crippen molar-refractivity contribution in [2.75, 3.05) is 13.2 Å². The molecule has 1 saturated heterocycles. The van der Waals surface area contributed by atoms with E-state index in [0.29, 0.717) is 16.7 Å². The number of hydrogen-bond donors (Lipinski definition) is 0. The molecule has 1 heterocycles. The Labute approximate surface area is 155 Å². The quantitative estimate of drug-likeness (QED) is 0.319. The molecule has 1 aromatic rings. The number of rotatable bonds is 5. The van der Waals surface area contributed by atoms with Crippen LogP contribution in [-0.4, -0.2) is 40.1 Å². The third-order valence-electron chi connectivity index (χ3n) is 3.04. The minimum atomic E-state index is -0.735. The van der Waals surface area contributed by atoms with Crippen molar-refractivity contribution in [2.24, 2.45) is 0 Å². The van der Waals surface area contributed by atoms with Gasteiger partial charge < -0.3 is 4.74 Å². The zero-order chi connectivity index (χ0) is 18.7. The number of carbonyl (C=O) groups excluding carboxylic acids is 3. The first-order valence-corrected chi connectivity index (χ1v) is 8.36. The van der Waals surface area contributed by atoms with Crippen molar-refractivity contribution >= 4 is 63.8 Å². The highest BCUT2D eigenvalue weighted by Gasteiger charge is 2.37. The maximum atomic E-state index is 12.3. The fraction of sp³-hybridized carbons (Fsp3) is 0.214. The highest BCUT2D eigenvalue weighted by Crippen LogP contribution is 2.38. The monoisotopic (exact) mass is 404 g/mol. The van der Waals surface area contributed by atoms with Crippen molar-refractivity contribution < 1.29 is 24.0 Å². The van der Waals surface area contributed by atoms with Crippen LogP contribution in [0.15, 0.2) is 17.0 Å². The Kier molecular flexibility index (Phi) is 6.04. The largest absolute Gasteiger partial charge is 0.465 e. The van der Waals surface area contributed by atoms with Crippen molar-refractivity contribution in [1.82, 2.24) is 4.90 Å². The molecule has 0 aromatic heterocycles. The lowest BCUT2D eigenvalue weighted by Gasteiger charge is -2.10. The fourth-order valence-electron chi connectivity index (χ4n) is 1.93. The van der Waals surface area contributed by atoms with Crippen LogP contribution in [0.4, 0.5) is 10.5 Å². The van der Waals surface area contributed by atoms with Crippen molar-refractivity contribution in [3.05, 3.63) is 42.8 Å². The normalized spacial score (nSPS) is 15.8. The molecule has 2 amide bonds. The molecule has 0 spiro atoms. The first-order valence-electron chi connectivity index (χ1n) is 6.79. The van der Waals surface area contributed by atoms with Crippen molar-refractivity contribution in [3.8, 4) is 0 Å². The number of nitrogens with zero attached hydrogens (tertiary/aromatic N) is 2. The van der Waals surface area contributed by atoms with Crippen LogP contribution in [0.5, 0.6) is 0 Å². The van der Waals surface area contributed by atoms with Gasteiger partial charge in [-0.15, -0.1) is 0 Å². The Bertz CT molecular complexity index is 811. The van der Waals surface area contributed by atoms with Crippen LogP contribution in [0.1, 0.15) is 12.5 Å². The van der Waals surface area contributed by atoms with Gasteiger partial charge in [0.2, 0.25) is 0 Å². The number of esters is 1. The Morgan fingerprint density at radius 3 is 2.68 bits per heavy atom. The molecule has 0 aliphatic carbocycles. The number of halogens is 2. The number of amides is 2. The third kappa shape index (κ3) is 4.12. The highest BCUT2D eigenvalue weighted by atomic mass is 35.5. The van der Waals surface area contributed by atoms with E-state index >= 15 is 0 Å². The molecule has 1 aliphatic heterocycles. The third-order valence-corrected chi connectivity index (χ3v) is 4.68. The van der Waals surface area contributed by atoms with Gasteiger partial charge in [0.1, 0.15) is 11.6 Å². The molecular formula is C14H10Cl2N2O6S. The van der Waals surface area contributed by atoms with E-state index in [4.69, 9.17) is 27.9 Å². The van der Waals surface area contributed by atoms with E-state index in [1.54, 1.807) is 6.92 Å². The molecule has 0 saturated carbocycles. The average molecular weight is 405 g/mol. The smallest absolute Gasteiger partial charge is 0.326 e. The fourth-order valence-corrected chi connectivity index (χ4v) is 3.30. The molecule has 1 fully saturated rings. The van der Waals surface area contributed by atoms with Gasteiger partial charge >= 0.3 is 5.97 Å². The molecule has 1 aromatic carbocycles. The van der Waals surface area contributed by atoms with Gasteiger partial charge in [-0.05, 0) is 30.8 Å². The summed E-state index contributed by atoms with van der Waals surface area (Å²) in [5, 5.41) is 10.1. The van der Waals surface area contributed by atoms with Crippen molar-refractivity contribution in [1.29, 1.82) is 0 Å². The first-order chi connectivity index (χ1) is 11.8. The maximum absolute atomic E-state index is 12.3. The summed E-state index contributed by atoms with van der Waals surface area (Å²) >= 11 is 12.5. The van der Waals surface area contributed by atoms with Crippen LogP contribution in [0.2, 0.25) is 10.0 Å². The molecule has 132 valence electrons. The minimum Gasteiger partial charge on any atom is -0.465 e. The number of thioether (sulfide) groups is 1. The second-order valence-electron chi connectivity index (χ2n) is 4.62. The van der Waals surface area contributed by atoms with Gasteiger partial charge in [0.25, 0.3) is 16.8 Å². The van der Waals surface area contributed by atoms with Gasteiger partial charge in [-0.2, -0.15) is 0 Å². The number of nitro benzene ring substituents is 1. The van der Waals surface area contributed by atoms with E-state index in [1.807, 2.05) is 0 Å². The second-order valence-corrected chi connectivity index (χ2v) is 6.40. The lowest BCUT2D eigenvalue weighted by Crippen LogP contribution is -2.34. The highest BCUT2D eigenvalue weighted by molar-refractivity contribution is 8.18. The molecule has 1 aliphatic rings. The zero-order valence-electron chi connectivity index (χ0n) is 12.7. The van der Waals surface area contributed by atoms with E-state index in [9.17, 15) is 24.5 Å². The summed E-state index contributed by atoms with van der Waals surface area (Å²) in [5.41, 5.74) is -0.345. The maximum Gasteiger partial charge on any atom is 0.326 e. The number of benzene rings is 1. The van der Waals surface area contributed by atoms with Gasteiger partial charge in [0.15, 0.2) is 0 Å². The summed E-state index contributed by atoms with van der Waals surface area (Å²) < 4.78 is 4.70. The van der Waals surface area contributed by atoms with Crippen LogP contribution in [0.3, 0.4) is 0 Å². The van der Waals surface area contributed by atoms with E-state index in [0.717, 1.165) is 6.07 Å². The van der Waals surface area contributed by atoms with Crippen LogP contribution in [-0.2, 0) is 14.3 Å². The SMILES string of the molecule is CCOC(=O)CN1C(=O)S/C(=C\c2c(Cl)ccc([N+](=O)[O-])c2Cl)C1=O. The Morgan fingerprint density at radius 1 is 1.40 bits per heavy atom. The summed E-state index contributed by atoms with van der Waals surface area (Å²) in [6, 6.07) is 2.40. The van der Waals surface area contributed by atoms with Crippen LogP contribution in [0, 0.1) is 10.1 Å². The van der Waals surface area contributed by atoms with E-state index in [2.05, 4.69) is 0 Å². The van der Waals surface area contributed by atoms with Crippen LogP contribution >= 0.6 is 35.0 Å². The van der Waals surface area contributed by atoms with Crippen LogP contribution in [0.25, 0.3) is 6.08 Å². The summed E-state index contributed by atoms with van der Waals surface area (Å²) in [6.45, 7) is 1.19. The summed E-state index contributed by atoms with van der Waals surface area (Å²) in [5.74, 6) is -1.46. The van der Waals surface area contributed by atoms with Crippen molar-refractivity contribution in [2.45, 2.75) is 6.92 Å². The number of carbonyl (C=O) groups is 3. The number of ether oxygens (including phenoxy) is 1. The van der Waals surface area contributed by atoms with E-state index in [1.165, 1.54) is 12.1 Å². The molecule has 0 N–H and O–H groups in total. The lowest BCUT2D eigenvalue weighted by molar-refractivity contribution is -0.384. The van der Waals surface area contributed by atoms with Gasteiger partial charge in [0, 0.05) is 16.7 Å². The Morgan fingerprint density at radius 2 is 2.08 bits per heavy atom. The molecular weight excluding hydrogens is 395 g/mol. The molecule has 0 atom stereocenters. The summed E-state index contributed by atoms with van der Waals surface area (Å²) in [4.78, 5) is 46.6. The molecule has 0 radical (unpaired) electrons. The molecule has 2 rings (SSSR count). The van der Waals surface area contributed by atoms with Gasteiger partial charge in [-0.3, -0.25) is 29.4 Å². The summed E-state index contributed by atoms with van der Waals surface area (Å²) in [7, 11) is 0. The number of imide groups is 1. The van der Waals surface area contributed by atoms with Gasteiger partial charge in [-0.25, -0.2) is 0 Å². The molecule has 25 heavy (non-hydrogen) atoms. The van der Waals surface area contributed by atoms with Crippen molar-refractivity contribution in [3.63, 3.8) is 0 Å². The molecule has 8 nitrogen and oxygen atoms in total. The zero-order valence-corrected chi connectivity index (χ0v) is 15.0. The first kappa shape index (κ1) is 19.2. The number of nitro groups is 1. The van der Waals surface area contributed by atoms with Crippen LogP contribution < -0.4 is 0 Å². The van der Waals surface area contributed by atoms with E-state index < -0.39 is 28.6 Å². The Balaban J connectivity index is 2.35. The van der Waals surface area contributed by atoms with Gasteiger partial charge in [-0.1, -0.05) is 23.2 Å². The Hall–Kier alpha value is -2.10. The minimum absolute atomic E-state index is 0.0409. The number of hydrogen-bond acceptors (Lipinski definition) is 7. The molecule has 0 unspecified atom stereocenters. The van der Waals surface area contributed by atoms with Gasteiger partial charge in [0.05, 0.1) is 16.4 Å². The summed E-state index contributed by atoms with van der Waals surface area (Å²) in [6.07, 6.45) is 1.19. The molecule has 0 bridgehead atoms. The second kappa shape index (κ2) is 7.85. The van der Waals surface area contributed by atoms with E-state index in [-0.39, 0.29) is 32.8 Å². The molecule has 11 heteroatoms. The standard InChI is InChI=1S/C14H10Cl2N2O6S/c1-2-24-11(19)6-17-13(20)10(25-14(17)21)5-7-8(15)3-4-9(12(7)16)18(22)23/h3-5H,2,6H2,1H3/b10-5-. The topological polar surface area (TPSA) is 107 Å². The predicted molar refractivity (Wildman–Crippen MR) is 92.4 cm³/mol. The lowest BCUT2D eigenvalue weighted by atomic mass is 10.1. The average Bonchev–Trinajstić information content (AvgIpc) is 2.78.